The lowest BCUT2D eigenvalue weighted by Gasteiger charge is -2.30. The predicted molar refractivity (Wildman–Crippen MR) is 242 cm³/mol. The topological polar surface area (TPSA) is 3.24 Å². The maximum atomic E-state index is 2.48. The van der Waals surface area contributed by atoms with E-state index in [1.165, 1.54) is 111 Å². The summed E-state index contributed by atoms with van der Waals surface area (Å²) in [5.41, 5.74) is 18.0. The summed E-state index contributed by atoms with van der Waals surface area (Å²) in [4.78, 5) is 2.47. The highest BCUT2D eigenvalue weighted by atomic mass is 15.1. The lowest BCUT2D eigenvalue weighted by molar-refractivity contribution is 0.864. The van der Waals surface area contributed by atoms with Gasteiger partial charge in [-0.3, -0.25) is 0 Å². The molecular weight excluding hydrogens is 675 g/mol. The van der Waals surface area contributed by atoms with Crippen LogP contribution in [0.1, 0.15) is 56.2 Å². The third-order valence-electron chi connectivity index (χ3n) is 12.0. The van der Waals surface area contributed by atoms with Gasteiger partial charge in [-0.25, -0.2) is 0 Å². The number of aryl methyl sites for hydroxylation is 1. The van der Waals surface area contributed by atoms with Crippen molar-refractivity contribution in [3.8, 4) is 44.5 Å². The summed E-state index contributed by atoms with van der Waals surface area (Å²) in [5, 5.41) is 7.67. The molecule has 0 spiro atoms. The highest BCUT2D eigenvalue weighted by Gasteiger charge is 2.27. The van der Waals surface area contributed by atoms with Crippen LogP contribution in [0, 0.1) is 6.92 Å². The Bertz CT molecular complexity index is 2970. The maximum absolute atomic E-state index is 2.48. The Morgan fingerprint density at radius 1 is 0.375 bits per heavy atom. The van der Waals surface area contributed by atoms with Gasteiger partial charge in [0, 0.05) is 17.1 Å². The van der Waals surface area contributed by atoms with Crippen LogP contribution in [0.3, 0.4) is 0 Å². The zero-order chi connectivity index (χ0) is 38.1. The number of hydrogen-bond acceptors (Lipinski definition) is 1. The van der Waals surface area contributed by atoms with E-state index in [0.29, 0.717) is 11.8 Å². The van der Waals surface area contributed by atoms with Crippen LogP contribution in [0.4, 0.5) is 17.1 Å². The predicted octanol–water partition coefficient (Wildman–Crippen LogP) is 16.2. The summed E-state index contributed by atoms with van der Waals surface area (Å²) in [6.45, 7) is 11.3. The monoisotopic (exact) mass is 719 g/mol. The second-order valence-corrected chi connectivity index (χ2v) is 16.2. The molecule has 0 atom stereocenters. The van der Waals surface area contributed by atoms with Gasteiger partial charge in [0.15, 0.2) is 0 Å². The molecule has 0 unspecified atom stereocenters. The van der Waals surface area contributed by atoms with Gasteiger partial charge in [0.1, 0.15) is 0 Å². The van der Waals surface area contributed by atoms with Crippen LogP contribution in [0.25, 0.3) is 76.8 Å². The van der Waals surface area contributed by atoms with Gasteiger partial charge in [-0.1, -0.05) is 143 Å². The van der Waals surface area contributed by atoms with E-state index in [2.05, 4.69) is 209 Å². The number of anilines is 3. The highest BCUT2D eigenvalue weighted by molar-refractivity contribution is 6.24. The Kier molecular flexibility index (Phi) is 8.15. The van der Waals surface area contributed by atoms with E-state index >= 15 is 0 Å². The summed E-state index contributed by atoms with van der Waals surface area (Å²) in [6.07, 6.45) is 0. The zero-order valence-corrected chi connectivity index (χ0v) is 32.8. The first-order valence-corrected chi connectivity index (χ1v) is 20.1. The van der Waals surface area contributed by atoms with Gasteiger partial charge in [0.05, 0.1) is 0 Å². The molecule has 0 saturated carbocycles. The molecular formula is C55H45N. The molecule has 0 bridgehead atoms. The molecule has 1 nitrogen and oxygen atoms in total. The van der Waals surface area contributed by atoms with Crippen LogP contribution < -0.4 is 4.90 Å². The zero-order valence-electron chi connectivity index (χ0n) is 32.8. The van der Waals surface area contributed by atoms with Crippen LogP contribution in [0.15, 0.2) is 170 Å². The average molecular weight is 720 g/mol. The third-order valence-corrected chi connectivity index (χ3v) is 12.0. The van der Waals surface area contributed by atoms with E-state index in [9.17, 15) is 0 Å². The molecule has 0 radical (unpaired) electrons. The highest BCUT2D eigenvalue weighted by Crippen LogP contribution is 2.54. The molecule has 0 aromatic heterocycles. The lowest BCUT2D eigenvalue weighted by atomic mass is 9.75. The number of hydrogen-bond donors (Lipinski definition) is 0. The standard InChI is InChI=1S/C55H45N/c1-34(2)39-19-14-20-43(27-39)56(53-31-40(35(3)4)24-23-36(53)5)44-26-25-41-29-47-48(30-42(41)28-44)50-33-52-51(32-49(47)50)54(37-15-8-6-9-16-37)45-21-12-13-22-46(45)55(52)38-17-10-7-11-18-38/h6-35H,1-5H3. The minimum atomic E-state index is 0.439. The summed E-state index contributed by atoms with van der Waals surface area (Å²) < 4.78 is 0. The fourth-order valence-electron chi connectivity index (χ4n) is 8.98. The molecule has 56 heavy (non-hydrogen) atoms. The van der Waals surface area contributed by atoms with Gasteiger partial charge < -0.3 is 4.90 Å². The molecule has 0 N–H and O–H groups in total. The number of fused-ring (bicyclic) bond motifs is 7. The third kappa shape index (κ3) is 5.53. The van der Waals surface area contributed by atoms with Gasteiger partial charge >= 0.3 is 0 Å². The quantitative estimate of drug-likeness (QED) is 0.148. The number of benzene rings is 9. The van der Waals surface area contributed by atoms with E-state index in [-0.39, 0.29) is 0 Å². The van der Waals surface area contributed by atoms with E-state index in [0.717, 1.165) is 0 Å². The SMILES string of the molecule is Cc1ccc(C(C)C)cc1N(c1cccc(C(C)C)c1)c1ccc2cc3c(cc2c1)-c1cc2c(-c4ccccc4)c4ccccc4c(-c4ccccc4)c2cc1-3. The first-order chi connectivity index (χ1) is 27.3. The molecule has 1 aliphatic rings. The number of rotatable bonds is 7. The van der Waals surface area contributed by atoms with E-state index < -0.39 is 0 Å². The maximum Gasteiger partial charge on any atom is 0.0493 e. The van der Waals surface area contributed by atoms with Gasteiger partial charge in [0.2, 0.25) is 0 Å². The average Bonchev–Trinajstić information content (AvgIpc) is 3.23. The van der Waals surface area contributed by atoms with Gasteiger partial charge in [-0.2, -0.15) is 0 Å². The Balaban J connectivity index is 1.18. The van der Waals surface area contributed by atoms with Crippen LogP contribution in [-0.2, 0) is 0 Å². The van der Waals surface area contributed by atoms with Crippen molar-refractivity contribution in [1.82, 2.24) is 0 Å². The smallest absolute Gasteiger partial charge is 0.0493 e. The Morgan fingerprint density at radius 2 is 0.893 bits per heavy atom. The van der Waals surface area contributed by atoms with Crippen molar-refractivity contribution in [2.24, 2.45) is 0 Å². The first kappa shape index (κ1) is 34.1. The van der Waals surface area contributed by atoms with Crippen molar-refractivity contribution >= 4 is 49.4 Å². The molecule has 270 valence electrons. The molecule has 0 amide bonds. The van der Waals surface area contributed by atoms with Crippen molar-refractivity contribution in [3.63, 3.8) is 0 Å². The minimum Gasteiger partial charge on any atom is -0.310 e. The molecule has 0 aliphatic heterocycles. The fraction of sp³-hybridized carbons (Fsp3) is 0.127. The summed E-state index contributed by atoms with van der Waals surface area (Å²) in [6, 6.07) is 63.7. The van der Waals surface area contributed by atoms with Crippen molar-refractivity contribution < 1.29 is 0 Å². The summed E-state index contributed by atoms with van der Waals surface area (Å²) in [5.74, 6) is 0.879. The fourth-order valence-corrected chi connectivity index (χ4v) is 8.98. The minimum absolute atomic E-state index is 0.439. The molecule has 1 aliphatic carbocycles. The van der Waals surface area contributed by atoms with Crippen LogP contribution in [0.5, 0.6) is 0 Å². The second kappa shape index (κ2) is 13.4. The molecule has 0 fully saturated rings. The normalized spacial score (nSPS) is 12.0. The Morgan fingerprint density at radius 3 is 1.48 bits per heavy atom. The van der Waals surface area contributed by atoms with Gasteiger partial charge in [-0.05, 0) is 167 Å². The molecule has 9 aromatic rings. The second-order valence-electron chi connectivity index (χ2n) is 16.2. The molecule has 0 heterocycles. The van der Waals surface area contributed by atoms with Crippen LogP contribution in [-0.4, -0.2) is 0 Å². The summed E-state index contributed by atoms with van der Waals surface area (Å²) >= 11 is 0. The van der Waals surface area contributed by atoms with Crippen LogP contribution in [0.2, 0.25) is 0 Å². The largest absolute Gasteiger partial charge is 0.310 e. The van der Waals surface area contributed by atoms with E-state index in [1.54, 1.807) is 0 Å². The van der Waals surface area contributed by atoms with Crippen molar-refractivity contribution in [2.45, 2.75) is 46.5 Å². The Labute approximate surface area is 330 Å². The molecule has 1 heteroatoms. The number of nitrogens with zero attached hydrogens (tertiary/aromatic N) is 1. The molecule has 10 rings (SSSR count). The lowest BCUT2D eigenvalue weighted by Crippen LogP contribution is -2.12. The first-order valence-electron chi connectivity index (χ1n) is 20.1. The van der Waals surface area contributed by atoms with Crippen LogP contribution >= 0.6 is 0 Å². The van der Waals surface area contributed by atoms with Crippen molar-refractivity contribution in [3.05, 3.63) is 187 Å². The van der Waals surface area contributed by atoms with Gasteiger partial charge in [0.25, 0.3) is 0 Å². The summed E-state index contributed by atoms with van der Waals surface area (Å²) in [7, 11) is 0. The van der Waals surface area contributed by atoms with E-state index in [4.69, 9.17) is 0 Å². The molecule has 0 saturated heterocycles. The van der Waals surface area contributed by atoms with E-state index in [1.807, 2.05) is 0 Å². The van der Waals surface area contributed by atoms with Crippen molar-refractivity contribution in [2.75, 3.05) is 4.90 Å². The van der Waals surface area contributed by atoms with Gasteiger partial charge in [-0.15, -0.1) is 0 Å². The van der Waals surface area contributed by atoms with Crippen molar-refractivity contribution in [1.29, 1.82) is 0 Å². The molecule has 9 aromatic carbocycles. The Hall–Kier alpha value is -6.44.